The van der Waals surface area contributed by atoms with Crippen LogP contribution in [-0.2, 0) is 27.2 Å². The molecule has 1 fully saturated rings. The highest BCUT2D eigenvalue weighted by molar-refractivity contribution is 7.92. The second-order valence-electron chi connectivity index (χ2n) is 8.24. The van der Waals surface area contributed by atoms with E-state index in [1.165, 1.54) is 0 Å². The number of sulfone groups is 1. The minimum Gasteiger partial charge on any atom is -0.299 e. The van der Waals surface area contributed by atoms with E-state index >= 15 is 0 Å². The molecule has 192 valence electrons. The molecule has 0 bridgehead atoms. The Morgan fingerprint density at radius 1 is 1.08 bits per heavy atom. The average molecular weight is 532 g/mol. The Labute approximate surface area is 201 Å². The first-order valence-electron chi connectivity index (χ1n) is 10.7. The lowest BCUT2D eigenvalue weighted by Crippen LogP contribution is -2.43. The van der Waals surface area contributed by atoms with E-state index < -0.39 is 56.7 Å². The Morgan fingerprint density at radius 2 is 1.72 bits per heavy atom. The van der Waals surface area contributed by atoms with Crippen molar-refractivity contribution < 1.29 is 39.6 Å². The van der Waals surface area contributed by atoms with Crippen molar-refractivity contribution in [1.29, 1.82) is 0 Å². The second kappa shape index (κ2) is 9.64. The summed E-state index contributed by atoms with van der Waals surface area (Å²) in [6, 6.07) is 4.26. The maximum Gasteiger partial charge on any atom is 0.451 e. The number of ketones is 1. The van der Waals surface area contributed by atoms with Gasteiger partial charge in [-0.1, -0.05) is 0 Å². The number of hydrogen-bond donors (Lipinski definition) is 0. The molecule has 1 aromatic carbocycles. The highest BCUT2D eigenvalue weighted by atomic mass is 32.2. The summed E-state index contributed by atoms with van der Waals surface area (Å²) in [6.45, 7) is 0. The van der Waals surface area contributed by atoms with Crippen LogP contribution in [0.4, 0.5) is 26.3 Å². The summed E-state index contributed by atoms with van der Waals surface area (Å²) in [5, 5.41) is 2.71. The van der Waals surface area contributed by atoms with Gasteiger partial charge in [-0.2, -0.15) is 18.3 Å². The number of alkyl halides is 5. The summed E-state index contributed by atoms with van der Waals surface area (Å²) in [5.41, 5.74) is -0.769. The van der Waals surface area contributed by atoms with E-state index in [4.69, 9.17) is 0 Å². The van der Waals surface area contributed by atoms with Crippen LogP contribution in [-0.4, -0.2) is 39.2 Å². The molecule has 0 unspecified atom stereocenters. The number of hydrogen-bond acceptors (Lipinski definition) is 6. The van der Waals surface area contributed by atoms with Gasteiger partial charge < -0.3 is 0 Å². The lowest BCUT2D eigenvalue weighted by molar-refractivity contribution is -0.145. The third-order valence-electron chi connectivity index (χ3n) is 5.99. The van der Waals surface area contributed by atoms with Crippen molar-refractivity contribution in [2.24, 2.45) is 5.92 Å². The Kier molecular flexibility index (Phi) is 6.90. The van der Waals surface area contributed by atoms with Gasteiger partial charge in [-0.25, -0.2) is 36.2 Å². The zero-order valence-corrected chi connectivity index (χ0v) is 19.1. The normalized spacial score (nSPS) is 18.3. The van der Waals surface area contributed by atoms with Gasteiger partial charge in [-0.3, -0.25) is 4.79 Å². The standard InChI is InChI=1S/C22H18F6N4O3S/c23-13-2-4-15(5-3-13)36(34,35)18-8-6-16(18)17(33)7-1-12-11-32(31-19(12)20(24)25)14-9-29-21(30-10-14)22(26,27)28/h2-5,9-11,16,18,20H,1,6-8H2/t16-,18-/m0/s1. The summed E-state index contributed by atoms with van der Waals surface area (Å²) in [4.78, 5) is 19.0. The van der Waals surface area contributed by atoms with Gasteiger partial charge in [0.2, 0.25) is 5.82 Å². The molecule has 1 aliphatic carbocycles. The molecule has 0 aliphatic heterocycles. The van der Waals surface area contributed by atoms with E-state index in [1.807, 2.05) is 0 Å². The average Bonchev–Trinajstić information content (AvgIpc) is 3.21. The Balaban J connectivity index is 1.47. The zero-order valence-electron chi connectivity index (χ0n) is 18.3. The number of benzene rings is 1. The number of carbonyl (C=O) groups excluding carboxylic acids is 1. The van der Waals surface area contributed by atoms with Crippen molar-refractivity contribution in [2.45, 2.75) is 48.4 Å². The summed E-state index contributed by atoms with van der Waals surface area (Å²) in [7, 11) is -3.88. The molecular formula is C22H18F6N4O3S. The van der Waals surface area contributed by atoms with Crippen molar-refractivity contribution in [1.82, 2.24) is 19.7 Å². The SMILES string of the molecule is O=C(CCc1cn(-c2cnc(C(F)(F)F)nc2)nc1C(F)F)[C@@H]1CC[C@@H]1S(=O)(=O)c1ccc(F)cc1. The van der Waals surface area contributed by atoms with Crippen LogP contribution in [0.3, 0.4) is 0 Å². The van der Waals surface area contributed by atoms with Gasteiger partial charge in [-0.15, -0.1) is 0 Å². The fourth-order valence-electron chi connectivity index (χ4n) is 3.97. The Hall–Kier alpha value is -3.29. The summed E-state index contributed by atoms with van der Waals surface area (Å²) >= 11 is 0. The quantitative estimate of drug-likeness (QED) is 0.313. The largest absolute Gasteiger partial charge is 0.451 e. The fourth-order valence-corrected chi connectivity index (χ4v) is 6.00. The summed E-state index contributed by atoms with van der Waals surface area (Å²) < 4.78 is 105. The first kappa shape index (κ1) is 25.8. The second-order valence-corrected chi connectivity index (χ2v) is 10.4. The molecule has 2 aromatic heterocycles. The molecule has 0 radical (unpaired) electrons. The minimum absolute atomic E-state index is 0.0180. The Morgan fingerprint density at radius 3 is 2.25 bits per heavy atom. The Bertz CT molecular complexity index is 1360. The number of rotatable bonds is 8. The van der Waals surface area contributed by atoms with Gasteiger partial charge in [0.05, 0.1) is 22.5 Å². The number of nitrogens with zero attached hydrogens (tertiary/aromatic N) is 4. The lowest BCUT2D eigenvalue weighted by atomic mass is 9.80. The number of halogens is 6. The number of carbonyl (C=O) groups is 1. The molecule has 36 heavy (non-hydrogen) atoms. The topological polar surface area (TPSA) is 94.8 Å². The van der Waals surface area contributed by atoms with E-state index in [0.717, 1.165) is 47.5 Å². The lowest BCUT2D eigenvalue weighted by Gasteiger charge is -2.35. The van der Waals surface area contributed by atoms with Crippen molar-refractivity contribution >= 4 is 15.6 Å². The van der Waals surface area contributed by atoms with Crippen LogP contribution in [0.25, 0.3) is 5.69 Å². The van der Waals surface area contributed by atoms with Crippen molar-refractivity contribution in [3.05, 3.63) is 65.8 Å². The minimum atomic E-state index is -4.77. The van der Waals surface area contributed by atoms with Gasteiger partial charge in [0.25, 0.3) is 6.43 Å². The zero-order chi connectivity index (χ0) is 26.3. The molecule has 2 atom stereocenters. The first-order valence-corrected chi connectivity index (χ1v) is 12.2. The van der Waals surface area contributed by atoms with E-state index in [1.54, 1.807) is 0 Å². The van der Waals surface area contributed by atoms with E-state index in [-0.39, 0.29) is 35.4 Å². The van der Waals surface area contributed by atoms with Crippen LogP contribution in [0.15, 0.2) is 47.8 Å². The van der Waals surface area contributed by atoms with Gasteiger partial charge >= 0.3 is 6.18 Å². The number of Topliss-reactive ketones (excluding diaryl/α,β-unsaturated/α-hetero) is 1. The predicted octanol–water partition coefficient (Wildman–Crippen LogP) is 4.51. The molecule has 0 N–H and O–H groups in total. The summed E-state index contributed by atoms with van der Waals surface area (Å²) in [5.74, 6) is -3.26. The molecule has 0 amide bonds. The van der Waals surface area contributed by atoms with Crippen LogP contribution < -0.4 is 0 Å². The van der Waals surface area contributed by atoms with Gasteiger partial charge in [0.15, 0.2) is 9.84 Å². The maximum atomic E-state index is 13.5. The van der Waals surface area contributed by atoms with Crippen LogP contribution in [0.2, 0.25) is 0 Å². The van der Waals surface area contributed by atoms with Crippen molar-refractivity contribution in [2.75, 3.05) is 0 Å². The van der Waals surface area contributed by atoms with E-state index in [0.29, 0.717) is 6.42 Å². The first-order chi connectivity index (χ1) is 16.9. The molecule has 14 heteroatoms. The highest BCUT2D eigenvalue weighted by Gasteiger charge is 2.45. The molecule has 0 saturated heterocycles. The van der Waals surface area contributed by atoms with Crippen LogP contribution in [0.1, 0.15) is 42.8 Å². The molecule has 7 nitrogen and oxygen atoms in total. The van der Waals surface area contributed by atoms with Gasteiger partial charge in [-0.05, 0) is 43.5 Å². The smallest absolute Gasteiger partial charge is 0.299 e. The van der Waals surface area contributed by atoms with Gasteiger partial charge in [0.1, 0.15) is 23.0 Å². The highest BCUT2D eigenvalue weighted by Crippen LogP contribution is 2.38. The monoisotopic (exact) mass is 532 g/mol. The number of aryl methyl sites for hydroxylation is 1. The third-order valence-corrected chi connectivity index (χ3v) is 8.28. The third kappa shape index (κ3) is 5.13. The summed E-state index contributed by atoms with van der Waals surface area (Å²) in [6.07, 6.45) is -4.95. The number of aromatic nitrogens is 4. The molecule has 1 saturated carbocycles. The van der Waals surface area contributed by atoms with Crippen LogP contribution in [0.5, 0.6) is 0 Å². The maximum absolute atomic E-state index is 13.5. The van der Waals surface area contributed by atoms with Crippen LogP contribution >= 0.6 is 0 Å². The predicted molar refractivity (Wildman–Crippen MR) is 113 cm³/mol. The molecule has 1 aliphatic rings. The molecule has 4 rings (SSSR count). The van der Waals surface area contributed by atoms with E-state index in [2.05, 4.69) is 15.1 Å². The fraction of sp³-hybridized carbons (Fsp3) is 0.364. The van der Waals surface area contributed by atoms with E-state index in [9.17, 15) is 39.6 Å². The van der Waals surface area contributed by atoms with Gasteiger partial charge in [0, 0.05) is 24.1 Å². The molecule has 2 heterocycles. The van der Waals surface area contributed by atoms with Crippen molar-refractivity contribution in [3.8, 4) is 5.69 Å². The van der Waals surface area contributed by atoms with Crippen molar-refractivity contribution in [3.63, 3.8) is 0 Å². The molecular weight excluding hydrogens is 514 g/mol. The van der Waals surface area contributed by atoms with Crippen LogP contribution in [0, 0.1) is 11.7 Å². The molecule has 0 spiro atoms. The molecule has 3 aromatic rings.